The minimum atomic E-state index is -1.48. The summed E-state index contributed by atoms with van der Waals surface area (Å²) in [6.45, 7) is 3.81. The second-order valence-corrected chi connectivity index (χ2v) is 16.8. The van der Waals surface area contributed by atoms with Crippen LogP contribution in [-0.4, -0.2) is 55.1 Å². The van der Waals surface area contributed by atoms with Crippen LogP contribution in [0.2, 0.25) is 5.02 Å². The van der Waals surface area contributed by atoms with Crippen molar-refractivity contribution in [2.75, 3.05) is 11.4 Å². The van der Waals surface area contributed by atoms with Crippen molar-refractivity contribution in [1.29, 1.82) is 0 Å². The molecule has 4 amide bonds. The van der Waals surface area contributed by atoms with E-state index in [2.05, 4.69) is 0 Å². The number of hydrogen-bond acceptors (Lipinski definition) is 8. The molecule has 0 bridgehead atoms. The quantitative estimate of drug-likeness (QED) is 0.137. The minimum absolute atomic E-state index is 0.114. The van der Waals surface area contributed by atoms with E-state index in [1.807, 2.05) is 31.2 Å². The Morgan fingerprint density at radius 1 is 0.982 bits per heavy atom. The Bertz CT molecular complexity index is 2530. The Balaban J connectivity index is 1.11. The Morgan fingerprint density at radius 2 is 1.75 bits per heavy atom. The molecule has 2 aliphatic carbocycles. The van der Waals surface area contributed by atoms with Gasteiger partial charge in [-0.05, 0) is 91.9 Å². The van der Waals surface area contributed by atoms with Gasteiger partial charge in [0.05, 0.1) is 28.0 Å². The lowest BCUT2D eigenvalue weighted by atomic mass is 9.51. The fourth-order valence-electron chi connectivity index (χ4n) is 9.75. The van der Waals surface area contributed by atoms with Gasteiger partial charge in [-0.15, -0.1) is 11.3 Å². The Labute approximate surface area is 324 Å². The second-order valence-electron chi connectivity index (χ2n) is 15.3. The molecule has 2 aliphatic heterocycles. The highest BCUT2D eigenvalue weighted by atomic mass is 35.5. The Morgan fingerprint density at radius 3 is 2.51 bits per heavy atom. The van der Waals surface area contributed by atoms with Gasteiger partial charge in [0, 0.05) is 40.9 Å². The number of hydrogen-bond donors (Lipinski definition) is 2. The molecule has 2 aromatic heterocycles. The van der Waals surface area contributed by atoms with E-state index >= 15 is 9.18 Å². The molecule has 9 rings (SSSR count). The normalized spacial score (nSPS) is 26.1. The summed E-state index contributed by atoms with van der Waals surface area (Å²) < 4.78 is 17.7. The largest absolute Gasteiger partial charge is 0.508 e. The highest BCUT2D eigenvalue weighted by Crippen LogP contribution is 2.64. The number of rotatable bonds is 6. The number of phenolic OH excluding ortho intramolecular Hbond substituents is 2. The molecule has 2 saturated heterocycles. The maximum atomic E-state index is 15.1. The number of halogens is 2. The zero-order valence-electron chi connectivity index (χ0n) is 30.1. The van der Waals surface area contributed by atoms with Crippen LogP contribution in [0.15, 0.2) is 78.4 Å². The molecular weight excluding hydrogens is 743 g/mol. The maximum absolute atomic E-state index is 15.1. The average molecular weight is 779 g/mol. The summed E-state index contributed by atoms with van der Waals surface area (Å²) in [5.41, 5.74) is 1.71. The first-order valence-corrected chi connectivity index (χ1v) is 19.4. The summed E-state index contributed by atoms with van der Waals surface area (Å²) in [7, 11) is 1.67. The molecule has 3 aromatic carbocycles. The van der Waals surface area contributed by atoms with Crippen LogP contribution in [0.25, 0.3) is 20.7 Å². The first-order chi connectivity index (χ1) is 26.3. The lowest BCUT2D eigenvalue weighted by molar-refractivity contribution is -0.140. The first kappa shape index (κ1) is 35.4. The number of amides is 4. The molecule has 13 heteroatoms. The third-order valence-electron chi connectivity index (χ3n) is 12.5. The molecule has 0 spiro atoms. The fourth-order valence-corrected chi connectivity index (χ4v) is 11.1. The smallest absolute Gasteiger partial charge is 0.242 e. The van der Waals surface area contributed by atoms with Crippen molar-refractivity contribution in [3.8, 4) is 22.1 Å². The fraction of sp³-hybridized carbons (Fsp3) is 0.310. The zero-order chi connectivity index (χ0) is 38.7. The molecule has 6 atom stereocenters. The van der Waals surface area contributed by atoms with Crippen LogP contribution in [0.5, 0.6) is 11.5 Å². The van der Waals surface area contributed by atoms with Gasteiger partial charge in [0.1, 0.15) is 17.3 Å². The number of para-hydroxylation sites is 1. The van der Waals surface area contributed by atoms with Crippen LogP contribution in [0, 0.1) is 41.8 Å². The maximum Gasteiger partial charge on any atom is 0.242 e. The molecule has 5 aromatic rings. The number of aryl methyl sites for hydroxylation is 2. The van der Waals surface area contributed by atoms with E-state index in [1.165, 1.54) is 27.0 Å². The second kappa shape index (κ2) is 12.6. The van der Waals surface area contributed by atoms with Crippen molar-refractivity contribution >= 4 is 62.5 Å². The monoisotopic (exact) mass is 778 g/mol. The number of imide groups is 2. The number of phenols is 2. The van der Waals surface area contributed by atoms with Crippen LogP contribution in [-0.2, 0) is 32.6 Å². The number of nitrogens with zero attached hydrogens (tertiary/aromatic N) is 4. The number of thiophene rings is 1. The van der Waals surface area contributed by atoms with Gasteiger partial charge in [-0.1, -0.05) is 47.5 Å². The molecule has 55 heavy (non-hydrogen) atoms. The average Bonchev–Trinajstić information content (AvgIpc) is 3.83. The van der Waals surface area contributed by atoms with Crippen LogP contribution >= 0.6 is 22.9 Å². The molecular formula is C42H36ClFN4O6S. The summed E-state index contributed by atoms with van der Waals surface area (Å²) in [6, 6.07) is 18.1. The number of aromatic nitrogens is 2. The van der Waals surface area contributed by atoms with E-state index in [4.69, 9.17) is 16.7 Å². The van der Waals surface area contributed by atoms with Crippen molar-refractivity contribution in [2.45, 2.75) is 39.0 Å². The van der Waals surface area contributed by atoms with Gasteiger partial charge in [0.2, 0.25) is 23.6 Å². The van der Waals surface area contributed by atoms with Crippen molar-refractivity contribution in [3.63, 3.8) is 0 Å². The number of anilines is 1. The van der Waals surface area contributed by atoms with E-state index in [0.29, 0.717) is 22.7 Å². The summed E-state index contributed by atoms with van der Waals surface area (Å²) in [5, 5.41) is 27.3. The highest BCUT2D eigenvalue weighted by Gasteiger charge is 2.68. The SMILES string of the molecule is Cc1c(-c2cc(N3C(=O)C4CC5C(=CCC6C(=O)N(CCc7ccc(O)cc7)C(=O)C65)C(c5cccc(F)c5O)C4(C)C3=O)n(C)n2)sc2ccc(Cl)cc12. The van der Waals surface area contributed by atoms with Gasteiger partial charge < -0.3 is 10.2 Å². The summed E-state index contributed by atoms with van der Waals surface area (Å²) in [6.07, 6.45) is 2.60. The third kappa shape index (κ3) is 5.14. The molecule has 0 radical (unpaired) electrons. The van der Waals surface area contributed by atoms with E-state index in [1.54, 1.807) is 50.4 Å². The topological polar surface area (TPSA) is 133 Å². The molecule has 1 saturated carbocycles. The van der Waals surface area contributed by atoms with E-state index in [0.717, 1.165) is 37.1 Å². The van der Waals surface area contributed by atoms with Gasteiger partial charge >= 0.3 is 0 Å². The van der Waals surface area contributed by atoms with Crippen LogP contribution in [0.4, 0.5) is 10.2 Å². The van der Waals surface area contributed by atoms with Gasteiger partial charge in [-0.3, -0.25) is 28.8 Å². The van der Waals surface area contributed by atoms with E-state index < -0.39 is 58.4 Å². The predicted octanol–water partition coefficient (Wildman–Crippen LogP) is 7.29. The van der Waals surface area contributed by atoms with Crippen LogP contribution < -0.4 is 4.90 Å². The Hall–Kier alpha value is -5.33. The Kier molecular flexibility index (Phi) is 8.11. The van der Waals surface area contributed by atoms with Crippen molar-refractivity contribution in [3.05, 3.63) is 106 Å². The molecule has 3 fully saturated rings. The number of fused-ring (bicyclic) bond motifs is 5. The standard InChI is InChI=1S/C42H36ClFN4O6S/c1-20-27-17-22(43)9-14-32(27)55-37(20)31-19-33(46(3)45-31)48-39(52)29-18-28-24(35(42(29,2)41(48)54)26-5-4-6-30(44)36(26)50)12-13-25-34(28)40(53)47(38(25)51)16-15-21-7-10-23(49)11-8-21/h4-12,14,17,19,25,28-29,34-35,49-50H,13,15-16,18H2,1-3H3. The number of carbonyl (C=O) groups is 4. The van der Waals surface area contributed by atoms with Crippen molar-refractivity contribution in [2.24, 2.45) is 36.1 Å². The first-order valence-electron chi connectivity index (χ1n) is 18.2. The number of benzene rings is 3. The molecule has 4 heterocycles. The van der Waals surface area contributed by atoms with Gasteiger partial charge in [-0.2, -0.15) is 5.10 Å². The summed E-state index contributed by atoms with van der Waals surface area (Å²) >= 11 is 7.83. The molecule has 2 N–H and O–H groups in total. The van der Waals surface area contributed by atoms with Crippen LogP contribution in [0.1, 0.15) is 42.4 Å². The lowest BCUT2D eigenvalue weighted by Crippen LogP contribution is -2.49. The number of allylic oxidation sites excluding steroid dienone is 2. The molecule has 6 unspecified atom stereocenters. The van der Waals surface area contributed by atoms with Crippen molar-refractivity contribution < 1.29 is 33.8 Å². The molecule has 280 valence electrons. The lowest BCUT2D eigenvalue weighted by Gasteiger charge is -2.49. The van der Waals surface area contributed by atoms with Gasteiger partial charge in [0.25, 0.3) is 0 Å². The van der Waals surface area contributed by atoms with Gasteiger partial charge in [-0.25, -0.2) is 9.29 Å². The van der Waals surface area contributed by atoms with Gasteiger partial charge in [0.15, 0.2) is 11.6 Å². The van der Waals surface area contributed by atoms with E-state index in [9.17, 15) is 24.6 Å². The minimum Gasteiger partial charge on any atom is -0.508 e. The zero-order valence-corrected chi connectivity index (χ0v) is 31.7. The predicted molar refractivity (Wildman–Crippen MR) is 205 cm³/mol. The molecule has 4 aliphatic rings. The molecule has 10 nitrogen and oxygen atoms in total. The van der Waals surface area contributed by atoms with E-state index in [-0.39, 0.29) is 48.3 Å². The third-order valence-corrected chi connectivity index (χ3v) is 14.0. The number of aromatic hydroxyl groups is 2. The summed E-state index contributed by atoms with van der Waals surface area (Å²) in [4.78, 5) is 61.3. The van der Waals surface area contributed by atoms with Crippen LogP contribution in [0.3, 0.4) is 0 Å². The summed E-state index contributed by atoms with van der Waals surface area (Å²) in [5.74, 6) is -6.75. The van der Waals surface area contributed by atoms with Crippen molar-refractivity contribution in [1.82, 2.24) is 14.7 Å². The number of carbonyl (C=O) groups excluding carboxylic acids is 4. The highest BCUT2D eigenvalue weighted by molar-refractivity contribution is 7.22. The number of likely N-dealkylation sites (tertiary alicyclic amines) is 1.